The number of rotatable bonds is 7. The van der Waals surface area contributed by atoms with Crippen molar-refractivity contribution in [1.82, 2.24) is 10.2 Å². The number of benzene rings is 1. The van der Waals surface area contributed by atoms with Gasteiger partial charge in [-0.1, -0.05) is 13.8 Å². The fourth-order valence-corrected chi connectivity index (χ4v) is 2.96. The molecule has 3 amide bonds. The third kappa shape index (κ3) is 6.06. The van der Waals surface area contributed by atoms with Crippen LogP contribution in [0.25, 0.3) is 0 Å². The molecule has 0 aromatic heterocycles. The molecule has 1 fully saturated rings. The maximum absolute atomic E-state index is 12.8. The van der Waals surface area contributed by atoms with Crippen LogP contribution in [0.1, 0.15) is 37.0 Å². The van der Waals surface area contributed by atoms with E-state index in [4.69, 9.17) is 4.74 Å². The number of anilines is 1. The van der Waals surface area contributed by atoms with E-state index in [0.29, 0.717) is 37.5 Å². The molecule has 0 radical (unpaired) electrons. The molecule has 27 heavy (non-hydrogen) atoms. The Bertz CT molecular complexity index is 658. The van der Waals surface area contributed by atoms with Crippen molar-refractivity contribution in [3.8, 4) is 0 Å². The van der Waals surface area contributed by atoms with Crippen LogP contribution in [0.4, 0.5) is 5.69 Å². The second kappa shape index (κ2) is 10.1. The Morgan fingerprint density at radius 2 is 1.93 bits per heavy atom. The second-order valence-electron chi connectivity index (χ2n) is 7.10. The number of methoxy groups -OCH3 is 1. The number of carbonyl (C=O) groups is 3. The Morgan fingerprint density at radius 1 is 1.22 bits per heavy atom. The second-order valence-corrected chi connectivity index (χ2v) is 7.10. The number of carbonyl (C=O) groups excluding carboxylic acids is 3. The highest BCUT2D eigenvalue weighted by Crippen LogP contribution is 2.20. The van der Waals surface area contributed by atoms with Gasteiger partial charge in [0.05, 0.1) is 12.5 Å². The highest BCUT2D eigenvalue weighted by molar-refractivity contribution is 5.96. The average molecular weight is 375 g/mol. The summed E-state index contributed by atoms with van der Waals surface area (Å²) >= 11 is 0. The van der Waals surface area contributed by atoms with Gasteiger partial charge in [-0.2, -0.15) is 0 Å². The summed E-state index contributed by atoms with van der Waals surface area (Å²) in [5.74, 6) is -0.481. The van der Waals surface area contributed by atoms with E-state index < -0.39 is 0 Å². The molecule has 0 aliphatic carbocycles. The van der Waals surface area contributed by atoms with Crippen LogP contribution < -0.4 is 10.6 Å². The normalized spacial score (nSPS) is 16.9. The Balaban J connectivity index is 1.94. The summed E-state index contributed by atoms with van der Waals surface area (Å²) in [5.41, 5.74) is 1.22. The number of likely N-dealkylation sites (tertiary alicyclic amines) is 1. The minimum absolute atomic E-state index is 0.0312. The molecule has 1 aliphatic rings. The van der Waals surface area contributed by atoms with Crippen LogP contribution in [0.5, 0.6) is 0 Å². The van der Waals surface area contributed by atoms with E-state index in [1.165, 1.54) is 0 Å². The van der Waals surface area contributed by atoms with E-state index in [-0.39, 0.29) is 29.6 Å². The van der Waals surface area contributed by atoms with Gasteiger partial charge in [-0.15, -0.1) is 0 Å². The maximum atomic E-state index is 12.8. The van der Waals surface area contributed by atoms with Crippen LogP contribution in [0, 0.1) is 11.8 Å². The Hall–Kier alpha value is -2.41. The first-order chi connectivity index (χ1) is 12.9. The summed E-state index contributed by atoms with van der Waals surface area (Å²) in [6, 6.07) is 6.87. The van der Waals surface area contributed by atoms with Gasteiger partial charge in [-0.25, -0.2) is 0 Å². The molecule has 2 rings (SSSR count). The molecule has 0 saturated carbocycles. The topological polar surface area (TPSA) is 87.7 Å². The number of piperidine rings is 1. The lowest BCUT2D eigenvalue weighted by Crippen LogP contribution is -2.45. The molecular weight excluding hydrogens is 346 g/mol. The van der Waals surface area contributed by atoms with Gasteiger partial charge in [0, 0.05) is 43.9 Å². The van der Waals surface area contributed by atoms with E-state index in [1.54, 1.807) is 36.3 Å². The SMILES string of the molecule is COCCNC(=O)C1CCCN(C(=O)c2ccc(NC(=O)C(C)C)cc2)C1. The highest BCUT2D eigenvalue weighted by Gasteiger charge is 2.28. The van der Waals surface area contributed by atoms with E-state index in [0.717, 1.165) is 12.8 Å². The van der Waals surface area contributed by atoms with Crippen LogP contribution in [0.2, 0.25) is 0 Å². The molecule has 1 atom stereocenters. The van der Waals surface area contributed by atoms with Crippen molar-refractivity contribution in [3.05, 3.63) is 29.8 Å². The van der Waals surface area contributed by atoms with Gasteiger partial charge >= 0.3 is 0 Å². The molecule has 1 aromatic rings. The molecule has 1 saturated heterocycles. The lowest BCUT2D eigenvalue weighted by atomic mass is 9.96. The molecule has 148 valence electrons. The van der Waals surface area contributed by atoms with Crippen molar-refractivity contribution < 1.29 is 19.1 Å². The Morgan fingerprint density at radius 3 is 2.56 bits per heavy atom. The largest absolute Gasteiger partial charge is 0.383 e. The zero-order chi connectivity index (χ0) is 19.8. The third-order valence-electron chi connectivity index (χ3n) is 4.61. The summed E-state index contributed by atoms with van der Waals surface area (Å²) in [4.78, 5) is 38.5. The van der Waals surface area contributed by atoms with Crippen molar-refractivity contribution in [2.45, 2.75) is 26.7 Å². The van der Waals surface area contributed by atoms with E-state index >= 15 is 0 Å². The van der Waals surface area contributed by atoms with Crippen molar-refractivity contribution in [2.24, 2.45) is 11.8 Å². The zero-order valence-electron chi connectivity index (χ0n) is 16.3. The molecule has 1 aliphatic heterocycles. The first-order valence-corrected chi connectivity index (χ1v) is 9.39. The first kappa shape index (κ1) is 20.9. The first-order valence-electron chi connectivity index (χ1n) is 9.39. The summed E-state index contributed by atoms with van der Waals surface area (Å²) < 4.78 is 4.94. The fourth-order valence-electron chi connectivity index (χ4n) is 2.96. The predicted octanol–water partition coefficient (Wildman–Crippen LogP) is 1.90. The third-order valence-corrected chi connectivity index (χ3v) is 4.61. The molecule has 7 nitrogen and oxygen atoms in total. The fraction of sp³-hybridized carbons (Fsp3) is 0.550. The highest BCUT2D eigenvalue weighted by atomic mass is 16.5. The number of nitrogens with one attached hydrogen (secondary N) is 2. The minimum atomic E-state index is -0.191. The van der Waals surface area contributed by atoms with Gasteiger partial charge < -0.3 is 20.3 Å². The maximum Gasteiger partial charge on any atom is 0.253 e. The molecule has 0 spiro atoms. The Kier molecular flexibility index (Phi) is 7.79. The monoisotopic (exact) mass is 375 g/mol. The molecule has 7 heteroatoms. The summed E-state index contributed by atoms with van der Waals surface area (Å²) in [6.07, 6.45) is 1.58. The smallest absolute Gasteiger partial charge is 0.253 e. The summed E-state index contributed by atoms with van der Waals surface area (Å²) in [6.45, 7) is 5.66. The van der Waals surface area contributed by atoms with Crippen molar-refractivity contribution in [3.63, 3.8) is 0 Å². The van der Waals surface area contributed by atoms with Crippen LogP contribution in [-0.2, 0) is 14.3 Å². The van der Waals surface area contributed by atoms with Gasteiger partial charge in [-0.05, 0) is 37.1 Å². The molecule has 1 unspecified atom stereocenters. The van der Waals surface area contributed by atoms with Crippen LogP contribution in [0.3, 0.4) is 0 Å². The lowest BCUT2D eigenvalue weighted by molar-refractivity contribution is -0.126. The zero-order valence-corrected chi connectivity index (χ0v) is 16.3. The van der Waals surface area contributed by atoms with Crippen LogP contribution in [0.15, 0.2) is 24.3 Å². The Labute approximate surface area is 160 Å². The molecule has 1 aromatic carbocycles. The standard InChI is InChI=1S/C20H29N3O4/c1-14(2)18(24)22-17-8-6-15(7-9-17)20(26)23-11-4-5-16(13-23)19(25)21-10-12-27-3/h6-9,14,16H,4-5,10-13H2,1-3H3,(H,21,25)(H,22,24). The van der Waals surface area contributed by atoms with Crippen molar-refractivity contribution in [1.29, 1.82) is 0 Å². The van der Waals surface area contributed by atoms with Crippen LogP contribution >= 0.6 is 0 Å². The summed E-state index contributed by atoms with van der Waals surface area (Å²) in [5, 5.41) is 5.65. The number of hydrogen-bond donors (Lipinski definition) is 2. The number of hydrogen-bond acceptors (Lipinski definition) is 4. The number of nitrogens with zero attached hydrogens (tertiary/aromatic N) is 1. The van der Waals surface area contributed by atoms with E-state index in [1.807, 2.05) is 13.8 Å². The van der Waals surface area contributed by atoms with Gasteiger partial charge in [0.2, 0.25) is 11.8 Å². The molecule has 2 N–H and O–H groups in total. The number of amides is 3. The van der Waals surface area contributed by atoms with Gasteiger partial charge in [-0.3, -0.25) is 14.4 Å². The average Bonchev–Trinajstić information content (AvgIpc) is 2.68. The van der Waals surface area contributed by atoms with Gasteiger partial charge in [0.1, 0.15) is 0 Å². The minimum Gasteiger partial charge on any atom is -0.383 e. The van der Waals surface area contributed by atoms with E-state index in [9.17, 15) is 14.4 Å². The quantitative estimate of drug-likeness (QED) is 0.713. The summed E-state index contributed by atoms with van der Waals surface area (Å²) in [7, 11) is 1.59. The van der Waals surface area contributed by atoms with Gasteiger partial charge in [0.25, 0.3) is 5.91 Å². The molecule has 0 bridgehead atoms. The predicted molar refractivity (Wildman–Crippen MR) is 103 cm³/mol. The van der Waals surface area contributed by atoms with Crippen molar-refractivity contribution in [2.75, 3.05) is 38.7 Å². The number of ether oxygens (including phenoxy) is 1. The van der Waals surface area contributed by atoms with Gasteiger partial charge in [0.15, 0.2) is 0 Å². The van der Waals surface area contributed by atoms with E-state index in [2.05, 4.69) is 10.6 Å². The lowest BCUT2D eigenvalue weighted by Gasteiger charge is -2.32. The van der Waals surface area contributed by atoms with Crippen LogP contribution in [-0.4, -0.2) is 56.0 Å². The van der Waals surface area contributed by atoms with Crippen molar-refractivity contribution >= 4 is 23.4 Å². The molecule has 1 heterocycles. The molecular formula is C20H29N3O4.